The van der Waals surface area contributed by atoms with E-state index in [4.69, 9.17) is 5.73 Å². The topological polar surface area (TPSA) is 164 Å². The molecule has 0 unspecified atom stereocenters. The first-order valence-electron chi connectivity index (χ1n) is 9.94. The first-order valence-corrected chi connectivity index (χ1v) is 9.94. The maximum absolute atomic E-state index is 12.4. The number of nitrogens with zero attached hydrogens (tertiary/aromatic N) is 2. The van der Waals surface area contributed by atoms with Crippen molar-refractivity contribution in [2.45, 2.75) is 51.1 Å². The van der Waals surface area contributed by atoms with Gasteiger partial charge in [-0.05, 0) is 38.3 Å². The van der Waals surface area contributed by atoms with Gasteiger partial charge in [0.25, 0.3) is 5.96 Å². The molecule has 30 heavy (non-hydrogen) atoms. The summed E-state index contributed by atoms with van der Waals surface area (Å²) in [6.45, 7) is 2.89. The Morgan fingerprint density at radius 2 is 2.00 bits per heavy atom. The van der Waals surface area contributed by atoms with E-state index in [2.05, 4.69) is 20.9 Å². The van der Waals surface area contributed by atoms with Crippen LogP contribution in [-0.2, 0) is 9.59 Å². The predicted molar refractivity (Wildman–Crippen MR) is 113 cm³/mol. The van der Waals surface area contributed by atoms with Gasteiger partial charge in [0.1, 0.15) is 0 Å². The molecule has 1 aliphatic rings. The van der Waals surface area contributed by atoms with Gasteiger partial charge >= 0.3 is 0 Å². The molecule has 2 atom stereocenters. The van der Waals surface area contributed by atoms with Crippen molar-refractivity contribution in [2.75, 3.05) is 18.4 Å². The molecule has 6 N–H and O–H groups in total. The number of guanidine groups is 1. The highest BCUT2D eigenvalue weighted by molar-refractivity contribution is 5.95. The second-order valence-corrected chi connectivity index (χ2v) is 7.26. The van der Waals surface area contributed by atoms with Crippen molar-refractivity contribution < 1.29 is 14.6 Å². The molecule has 1 aliphatic heterocycles. The SMILES string of the molecule is Cc1ccc(NC(=O)[C@@H]2C[C@H](NC(=O)CCCCCN=C(N)N[N+](=O)[O-])CN2)cc1. The summed E-state index contributed by atoms with van der Waals surface area (Å²) >= 11 is 0. The van der Waals surface area contributed by atoms with E-state index in [9.17, 15) is 19.7 Å². The van der Waals surface area contributed by atoms with Crippen molar-refractivity contribution in [3.63, 3.8) is 0 Å². The van der Waals surface area contributed by atoms with Gasteiger partial charge < -0.3 is 21.7 Å². The van der Waals surface area contributed by atoms with Crippen molar-refractivity contribution in [2.24, 2.45) is 10.7 Å². The number of nitrogens with one attached hydrogen (secondary N) is 4. The van der Waals surface area contributed by atoms with Crippen LogP contribution in [0.15, 0.2) is 29.3 Å². The molecule has 1 aromatic rings. The van der Waals surface area contributed by atoms with Gasteiger partial charge in [0.15, 0.2) is 5.03 Å². The van der Waals surface area contributed by atoms with Gasteiger partial charge in [-0.1, -0.05) is 29.5 Å². The molecule has 0 radical (unpaired) electrons. The van der Waals surface area contributed by atoms with E-state index in [1.165, 1.54) is 0 Å². The number of unbranched alkanes of at least 4 members (excludes halogenated alkanes) is 2. The number of aliphatic imine (C=N–C) groups is 1. The molecule has 11 heteroatoms. The maximum Gasteiger partial charge on any atom is 0.251 e. The van der Waals surface area contributed by atoms with Gasteiger partial charge in [0.2, 0.25) is 11.8 Å². The van der Waals surface area contributed by atoms with Crippen LogP contribution in [-0.4, -0.2) is 48.0 Å². The lowest BCUT2D eigenvalue weighted by Crippen LogP contribution is -2.36. The van der Waals surface area contributed by atoms with Gasteiger partial charge in [0.05, 0.1) is 6.04 Å². The van der Waals surface area contributed by atoms with Crippen molar-refractivity contribution in [3.05, 3.63) is 39.9 Å². The number of anilines is 1. The second kappa shape index (κ2) is 11.7. The van der Waals surface area contributed by atoms with Crippen LogP contribution in [0.4, 0.5) is 5.69 Å². The third kappa shape index (κ3) is 8.43. The van der Waals surface area contributed by atoms with Crippen molar-refractivity contribution in [1.82, 2.24) is 16.1 Å². The lowest BCUT2D eigenvalue weighted by Gasteiger charge is -2.13. The highest BCUT2D eigenvalue weighted by Crippen LogP contribution is 2.13. The van der Waals surface area contributed by atoms with E-state index in [1.807, 2.05) is 31.2 Å². The van der Waals surface area contributed by atoms with E-state index in [-0.39, 0.29) is 29.9 Å². The number of carbonyl (C=O) groups excluding carboxylic acids is 2. The molecule has 11 nitrogen and oxygen atoms in total. The predicted octanol–water partition coefficient (Wildman–Crippen LogP) is 0.437. The number of hydrogen-bond acceptors (Lipinski definition) is 6. The minimum Gasteiger partial charge on any atom is -0.365 e. The summed E-state index contributed by atoms with van der Waals surface area (Å²) in [6, 6.07) is 7.17. The van der Waals surface area contributed by atoms with E-state index in [1.54, 1.807) is 5.43 Å². The van der Waals surface area contributed by atoms with E-state index < -0.39 is 5.03 Å². The second-order valence-electron chi connectivity index (χ2n) is 7.26. The lowest BCUT2D eigenvalue weighted by atomic mass is 10.1. The largest absolute Gasteiger partial charge is 0.365 e. The fraction of sp³-hybridized carbons (Fsp3) is 0.526. The Labute approximate surface area is 175 Å². The molecular formula is C19H29N7O4. The zero-order chi connectivity index (χ0) is 21.9. The number of nitrogens with two attached hydrogens (primary N) is 1. The fourth-order valence-electron chi connectivity index (χ4n) is 3.11. The Balaban J connectivity index is 1.59. The number of carbonyl (C=O) groups is 2. The van der Waals surface area contributed by atoms with Gasteiger partial charge in [-0.2, -0.15) is 0 Å². The summed E-state index contributed by atoms with van der Waals surface area (Å²) in [5.74, 6) is -0.395. The van der Waals surface area contributed by atoms with Crippen LogP contribution >= 0.6 is 0 Å². The molecular weight excluding hydrogens is 390 g/mol. The summed E-state index contributed by atoms with van der Waals surface area (Å²) in [6.07, 6.45) is 3.04. The van der Waals surface area contributed by atoms with Crippen LogP contribution in [0.25, 0.3) is 0 Å². The molecule has 1 aromatic carbocycles. The van der Waals surface area contributed by atoms with Crippen LogP contribution in [0.5, 0.6) is 0 Å². The summed E-state index contributed by atoms with van der Waals surface area (Å²) in [4.78, 5) is 38.4. The molecule has 0 aliphatic carbocycles. The monoisotopic (exact) mass is 419 g/mol. The van der Waals surface area contributed by atoms with Gasteiger partial charge in [-0.25, -0.2) is 15.1 Å². The van der Waals surface area contributed by atoms with Crippen molar-refractivity contribution >= 4 is 23.5 Å². The summed E-state index contributed by atoms with van der Waals surface area (Å²) in [5, 5.41) is 18.4. The minimum atomic E-state index is -0.766. The molecule has 0 saturated carbocycles. The first-order chi connectivity index (χ1) is 14.3. The quantitative estimate of drug-likeness (QED) is 0.121. The Hall–Kier alpha value is -3.21. The van der Waals surface area contributed by atoms with Crippen LogP contribution in [0.2, 0.25) is 0 Å². The Kier molecular flexibility index (Phi) is 9.01. The third-order valence-electron chi connectivity index (χ3n) is 4.68. The van der Waals surface area contributed by atoms with E-state index in [0.717, 1.165) is 17.7 Å². The average Bonchev–Trinajstić information content (AvgIpc) is 3.14. The third-order valence-corrected chi connectivity index (χ3v) is 4.68. The van der Waals surface area contributed by atoms with Gasteiger partial charge in [0, 0.05) is 31.2 Å². The van der Waals surface area contributed by atoms with E-state index >= 15 is 0 Å². The standard InChI is InChI=1S/C19H29N7O4/c1-13-6-8-14(9-7-13)24-18(28)16-11-15(12-22-16)23-17(27)5-3-2-4-10-21-19(20)25-26(29)30/h6-9,15-16,22H,2-5,10-12H2,1H3,(H,23,27)(H,24,28)(H3,20,21,25)/t15-,16-/m0/s1. The first kappa shape index (κ1) is 23.1. The Bertz CT molecular complexity index is 767. The summed E-state index contributed by atoms with van der Waals surface area (Å²) in [5.41, 5.74) is 8.95. The zero-order valence-electron chi connectivity index (χ0n) is 17.0. The molecule has 1 heterocycles. The van der Waals surface area contributed by atoms with Crippen LogP contribution < -0.4 is 27.1 Å². The minimum absolute atomic E-state index is 0.0561. The number of hydrazine groups is 1. The molecule has 164 valence electrons. The number of aryl methyl sites for hydroxylation is 1. The Morgan fingerprint density at radius 3 is 2.70 bits per heavy atom. The van der Waals surface area contributed by atoms with Crippen molar-refractivity contribution in [1.29, 1.82) is 0 Å². The highest BCUT2D eigenvalue weighted by atomic mass is 16.7. The number of nitro groups is 1. The molecule has 2 amide bonds. The smallest absolute Gasteiger partial charge is 0.251 e. The number of rotatable bonds is 10. The average molecular weight is 419 g/mol. The summed E-state index contributed by atoms with van der Waals surface area (Å²) < 4.78 is 0. The lowest BCUT2D eigenvalue weighted by molar-refractivity contribution is -0.525. The molecule has 2 rings (SSSR count). The summed E-state index contributed by atoms with van der Waals surface area (Å²) in [7, 11) is 0. The molecule has 0 spiro atoms. The Morgan fingerprint density at radius 1 is 1.27 bits per heavy atom. The fourth-order valence-corrected chi connectivity index (χ4v) is 3.11. The van der Waals surface area contributed by atoms with E-state index in [0.29, 0.717) is 38.8 Å². The molecule has 0 bridgehead atoms. The zero-order valence-corrected chi connectivity index (χ0v) is 17.0. The molecule has 1 fully saturated rings. The molecule has 0 aromatic heterocycles. The van der Waals surface area contributed by atoms with Crippen LogP contribution in [0.3, 0.4) is 0 Å². The number of hydrogen-bond donors (Lipinski definition) is 5. The van der Waals surface area contributed by atoms with Crippen LogP contribution in [0, 0.1) is 17.0 Å². The number of benzene rings is 1. The molecule has 1 saturated heterocycles. The maximum atomic E-state index is 12.4. The van der Waals surface area contributed by atoms with Gasteiger partial charge in [-0.3, -0.25) is 9.59 Å². The number of amides is 2. The van der Waals surface area contributed by atoms with Crippen LogP contribution in [0.1, 0.15) is 37.7 Å². The highest BCUT2D eigenvalue weighted by Gasteiger charge is 2.30. The van der Waals surface area contributed by atoms with Gasteiger partial charge in [-0.15, -0.1) is 0 Å². The normalized spacial score (nSPS) is 18.6. The van der Waals surface area contributed by atoms with Crippen molar-refractivity contribution in [3.8, 4) is 0 Å².